The van der Waals surface area contributed by atoms with E-state index in [1.54, 1.807) is 18.5 Å². The van der Waals surface area contributed by atoms with E-state index in [4.69, 9.17) is 20.5 Å². The third kappa shape index (κ3) is 7.10. The number of rotatable bonds is 5. The molecule has 2 saturated heterocycles. The number of anilines is 1. The van der Waals surface area contributed by atoms with Crippen LogP contribution < -0.4 is 10.6 Å². The average molecular weight is 526 g/mol. The van der Waals surface area contributed by atoms with Crippen LogP contribution in [0.3, 0.4) is 0 Å². The Hall–Kier alpha value is -3.85. The number of aromatic nitrogens is 3. The summed E-state index contributed by atoms with van der Waals surface area (Å²) in [5, 5.41) is 18.0. The molecule has 2 amide bonds. The first kappa shape index (κ1) is 27.7. The second kappa shape index (κ2) is 11.9. The molecule has 0 saturated carbocycles. The van der Waals surface area contributed by atoms with Crippen LogP contribution in [0.15, 0.2) is 30.9 Å². The first-order valence-electron chi connectivity index (χ1n) is 11.2. The Labute approximate surface area is 208 Å². The number of hydrogen-bond acceptors (Lipinski definition) is 9. The third-order valence-electron chi connectivity index (χ3n) is 5.82. The van der Waals surface area contributed by atoms with Crippen LogP contribution in [0.5, 0.6) is 0 Å². The molecule has 12 nitrogen and oxygen atoms in total. The molecule has 1 unspecified atom stereocenters. The number of alkyl halides is 3. The quantitative estimate of drug-likeness (QED) is 0.514. The molecule has 2 aliphatic rings. The molecule has 4 heterocycles. The van der Waals surface area contributed by atoms with Crippen LogP contribution in [0.2, 0.25) is 0 Å². The maximum Gasteiger partial charge on any atom is 0.490 e. The Morgan fingerprint density at radius 2 is 1.78 bits per heavy atom. The highest BCUT2D eigenvalue weighted by Gasteiger charge is 2.38. The van der Waals surface area contributed by atoms with Crippen molar-refractivity contribution in [2.24, 2.45) is 11.7 Å². The summed E-state index contributed by atoms with van der Waals surface area (Å²) < 4.78 is 31.7. The van der Waals surface area contributed by atoms with E-state index in [0.717, 1.165) is 5.56 Å². The van der Waals surface area contributed by atoms with Crippen LogP contribution in [-0.2, 0) is 21.0 Å². The van der Waals surface area contributed by atoms with Crippen LogP contribution in [0.25, 0.3) is 0 Å². The maximum absolute atomic E-state index is 13.2. The number of hydroxylamine groups is 2. The molecule has 2 aromatic rings. The topological polar surface area (TPSA) is 172 Å². The van der Waals surface area contributed by atoms with Crippen molar-refractivity contribution in [1.29, 1.82) is 0 Å². The number of carboxylic acids is 1. The summed E-state index contributed by atoms with van der Waals surface area (Å²) in [5.74, 6) is -2.92. The average Bonchev–Trinajstić information content (AvgIpc) is 3.38. The molecule has 1 atom stereocenters. The van der Waals surface area contributed by atoms with E-state index in [1.807, 2.05) is 11.0 Å². The summed E-state index contributed by atoms with van der Waals surface area (Å²) in [6.07, 6.45) is 1.55. The number of carboxylic acid groups (broad SMARTS) is 1. The lowest BCUT2D eigenvalue weighted by atomic mass is 9.94. The van der Waals surface area contributed by atoms with Gasteiger partial charge in [0.2, 0.25) is 5.91 Å². The van der Waals surface area contributed by atoms with Crippen LogP contribution in [0.1, 0.15) is 46.9 Å². The summed E-state index contributed by atoms with van der Waals surface area (Å²) in [5.41, 5.74) is 7.04. The highest BCUT2D eigenvalue weighted by atomic mass is 19.4. The Morgan fingerprint density at radius 3 is 2.38 bits per heavy atom. The van der Waals surface area contributed by atoms with Crippen molar-refractivity contribution < 1.29 is 42.6 Å². The molecule has 0 bridgehead atoms. The van der Waals surface area contributed by atoms with Crippen LogP contribution in [0, 0.1) is 5.92 Å². The van der Waals surface area contributed by atoms with Crippen LogP contribution in [0.4, 0.5) is 19.0 Å². The predicted octanol–water partition coefficient (Wildman–Crippen LogP) is 1.22. The summed E-state index contributed by atoms with van der Waals surface area (Å²) in [7, 11) is 0. The standard InChI is InChI=1S/C20H24N6O4.C2HF3O2/c21-19(28)16-8-18(24-12-23-16)25-4-1-14(2-5-25)20(29)26-17(3-6-30-26)15-7-13(11-27)9-22-10-15;3-2(4,5)1(6)7/h7-10,12,14,17,27H,1-6,11H2,(H2,21,28);(H,6,7). The van der Waals surface area contributed by atoms with Gasteiger partial charge in [0, 0.05) is 43.9 Å². The molecule has 0 radical (unpaired) electrons. The Balaban J connectivity index is 0.000000479. The first-order chi connectivity index (χ1) is 17.5. The van der Waals surface area contributed by atoms with Crippen LogP contribution in [-0.4, -0.2) is 73.9 Å². The molecule has 4 N–H and O–H groups in total. The minimum absolute atomic E-state index is 0.0351. The van der Waals surface area contributed by atoms with Crippen LogP contribution >= 0.6 is 0 Å². The summed E-state index contributed by atoms with van der Waals surface area (Å²) in [6, 6.07) is 3.24. The molecular formula is C22H25F3N6O6. The largest absolute Gasteiger partial charge is 0.490 e. The SMILES string of the molecule is NC(=O)c1cc(N2CCC(C(=O)N3OCCC3c3cncc(CO)c3)CC2)ncn1.O=C(O)C(F)(F)F. The number of amides is 2. The predicted molar refractivity (Wildman–Crippen MR) is 119 cm³/mol. The van der Waals surface area contributed by atoms with Crippen molar-refractivity contribution in [3.8, 4) is 0 Å². The van der Waals surface area contributed by atoms with E-state index >= 15 is 0 Å². The number of primary amides is 1. The number of aliphatic hydroxyl groups is 1. The smallest absolute Gasteiger partial charge is 0.475 e. The van der Waals surface area contributed by atoms with Gasteiger partial charge in [-0.25, -0.2) is 19.8 Å². The van der Waals surface area contributed by atoms with Gasteiger partial charge in [-0.15, -0.1) is 0 Å². The van der Waals surface area contributed by atoms with E-state index in [-0.39, 0.29) is 30.2 Å². The number of aliphatic hydroxyl groups excluding tert-OH is 1. The number of aliphatic carboxylic acids is 1. The van der Waals surface area contributed by atoms with E-state index in [1.165, 1.54) is 11.4 Å². The number of nitrogens with two attached hydrogens (primary N) is 1. The lowest BCUT2D eigenvalue weighted by molar-refractivity contribution is -0.192. The fraction of sp³-hybridized carbons (Fsp3) is 0.455. The minimum Gasteiger partial charge on any atom is -0.475 e. The number of pyridine rings is 1. The van der Waals surface area contributed by atoms with Crippen molar-refractivity contribution in [2.75, 3.05) is 24.6 Å². The molecule has 2 aromatic heterocycles. The number of nitrogens with zero attached hydrogens (tertiary/aromatic N) is 5. The zero-order chi connectivity index (χ0) is 27.2. The molecule has 2 fully saturated rings. The number of halogens is 3. The Kier molecular flexibility index (Phi) is 8.94. The van der Waals surface area contributed by atoms with Gasteiger partial charge in [-0.05, 0) is 30.0 Å². The number of carbonyl (C=O) groups is 3. The molecule has 0 aliphatic carbocycles. The van der Waals surface area contributed by atoms with Gasteiger partial charge in [-0.1, -0.05) is 0 Å². The Bertz CT molecular complexity index is 1130. The molecule has 0 spiro atoms. The van der Waals surface area contributed by atoms with Gasteiger partial charge in [0.25, 0.3) is 5.91 Å². The molecule has 37 heavy (non-hydrogen) atoms. The molecule has 0 aromatic carbocycles. The monoisotopic (exact) mass is 526 g/mol. The fourth-order valence-corrected chi connectivity index (χ4v) is 3.96. The van der Waals surface area contributed by atoms with Crippen molar-refractivity contribution in [3.05, 3.63) is 47.7 Å². The second-order valence-corrected chi connectivity index (χ2v) is 8.28. The van der Waals surface area contributed by atoms with E-state index in [9.17, 15) is 27.9 Å². The molecular weight excluding hydrogens is 501 g/mol. The highest BCUT2D eigenvalue weighted by Crippen LogP contribution is 2.34. The Morgan fingerprint density at radius 1 is 1.11 bits per heavy atom. The van der Waals surface area contributed by atoms with Gasteiger partial charge in [-0.3, -0.25) is 19.4 Å². The highest BCUT2D eigenvalue weighted by molar-refractivity contribution is 5.91. The summed E-state index contributed by atoms with van der Waals surface area (Å²) in [6.45, 7) is 1.63. The number of carbonyl (C=O) groups excluding carboxylic acids is 2. The number of hydrogen-bond donors (Lipinski definition) is 3. The second-order valence-electron chi connectivity index (χ2n) is 8.28. The van der Waals surface area contributed by atoms with Gasteiger partial charge in [-0.2, -0.15) is 13.2 Å². The third-order valence-corrected chi connectivity index (χ3v) is 5.82. The van der Waals surface area contributed by atoms with E-state index in [0.29, 0.717) is 50.3 Å². The number of piperidine rings is 1. The summed E-state index contributed by atoms with van der Waals surface area (Å²) >= 11 is 0. The fourth-order valence-electron chi connectivity index (χ4n) is 3.96. The molecule has 200 valence electrons. The lowest BCUT2D eigenvalue weighted by Crippen LogP contribution is -2.42. The molecule has 2 aliphatic heterocycles. The zero-order valence-corrected chi connectivity index (χ0v) is 19.5. The zero-order valence-electron chi connectivity index (χ0n) is 19.5. The van der Waals surface area contributed by atoms with Gasteiger partial charge in [0.1, 0.15) is 17.8 Å². The van der Waals surface area contributed by atoms with Gasteiger partial charge >= 0.3 is 12.1 Å². The van der Waals surface area contributed by atoms with Gasteiger partial charge in [0.05, 0.1) is 19.3 Å². The van der Waals surface area contributed by atoms with Crippen molar-refractivity contribution in [2.45, 2.75) is 38.1 Å². The van der Waals surface area contributed by atoms with Gasteiger partial charge < -0.3 is 20.8 Å². The normalized spacial score (nSPS) is 18.2. The lowest BCUT2D eigenvalue weighted by Gasteiger charge is -2.34. The van der Waals surface area contributed by atoms with Crippen molar-refractivity contribution in [3.63, 3.8) is 0 Å². The molecule has 15 heteroatoms. The minimum atomic E-state index is -5.08. The van der Waals surface area contributed by atoms with E-state index < -0.39 is 18.1 Å². The van der Waals surface area contributed by atoms with Crippen molar-refractivity contribution >= 4 is 23.6 Å². The first-order valence-corrected chi connectivity index (χ1v) is 11.2. The molecule has 4 rings (SSSR count). The maximum atomic E-state index is 13.2. The summed E-state index contributed by atoms with van der Waals surface area (Å²) in [4.78, 5) is 53.3. The van der Waals surface area contributed by atoms with E-state index in [2.05, 4.69) is 15.0 Å². The van der Waals surface area contributed by atoms with Crippen molar-refractivity contribution in [1.82, 2.24) is 20.0 Å². The van der Waals surface area contributed by atoms with Gasteiger partial charge in [0.15, 0.2) is 0 Å².